The number of nitrogens with one attached hydrogen (secondary N) is 1. The number of benzene rings is 1. The summed E-state index contributed by atoms with van der Waals surface area (Å²) in [4.78, 5) is 4.42. The van der Waals surface area contributed by atoms with Gasteiger partial charge in [0.25, 0.3) is 0 Å². The zero-order valence-electron chi connectivity index (χ0n) is 10.5. The van der Waals surface area contributed by atoms with Gasteiger partial charge in [0, 0.05) is 18.3 Å². The first-order valence-electron chi connectivity index (χ1n) is 6.20. The van der Waals surface area contributed by atoms with Crippen LogP contribution in [0.2, 0.25) is 0 Å². The summed E-state index contributed by atoms with van der Waals surface area (Å²) >= 11 is 0. The number of halogens is 1. The van der Waals surface area contributed by atoms with E-state index in [0.717, 1.165) is 23.8 Å². The Morgan fingerprint density at radius 3 is 2.94 bits per heavy atom. The molecule has 4 heteroatoms. The lowest BCUT2D eigenvalue weighted by Crippen LogP contribution is -2.31. The first kappa shape index (κ1) is 11.3. The molecule has 1 N–H and O–H groups in total. The monoisotopic (exact) mass is 245 g/mol. The largest absolute Gasteiger partial charge is 0.355 e. The van der Waals surface area contributed by atoms with Crippen LogP contribution in [-0.2, 0) is 0 Å². The van der Waals surface area contributed by atoms with Crippen LogP contribution in [0.3, 0.4) is 0 Å². The Morgan fingerprint density at radius 1 is 1.39 bits per heavy atom. The summed E-state index contributed by atoms with van der Waals surface area (Å²) in [5, 5.41) is 3.28. The molecule has 0 radical (unpaired) electrons. The van der Waals surface area contributed by atoms with Crippen LogP contribution >= 0.6 is 0 Å². The maximum absolute atomic E-state index is 14.0. The number of fused-ring (bicyclic) bond motifs is 1. The summed E-state index contributed by atoms with van der Waals surface area (Å²) in [6, 6.07) is 7.01. The number of nitrogens with zero attached hydrogens (tertiary/aromatic N) is 2. The minimum absolute atomic E-state index is 0.0173. The second kappa shape index (κ2) is 4.12. The van der Waals surface area contributed by atoms with E-state index < -0.39 is 0 Å². The van der Waals surface area contributed by atoms with E-state index >= 15 is 0 Å². The summed E-state index contributed by atoms with van der Waals surface area (Å²) in [6.45, 7) is 4.90. The van der Waals surface area contributed by atoms with Crippen LogP contribution in [0.15, 0.2) is 30.5 Å². The summed E-state index contributed by atoms with van der Waals surface area (Å²) in [7, 11) is 0. The minimum atomic E-state index is -0.145. The maximum atomic E-state index is 14.0. The fourth-order valence-electron chi connectivity index (χ4n) is 2.67. The van der Waals surface area contributed by atoms with Crippen LogP contribution in [0, 0.1) is 18.7 Å². The van der Waals surface area contributed by atoms with E-state index in [1.54, 1.807) is 6.07 Å². The summed E-state index contributed by atoms with van der Waals surface area (Å²) in [5.41, 5.74) is 1.69. The van der Waals surface area contributed by atoms with Gasteiger partial charge in [0.1, 0.15) is 5.82 Å². The van der Waals surface area contributed by atoms with Gasteiger partial charge >= 0.3 is 0 Å². The number of aryl methyl sites for hydroxylation is 1. The fraction of sp³-hybridized carbons (Fsp3) is 0.357. The Morgan fingerprint density at radius 2 is 2.17 bits per heavy atom. The Kier molecular flexibility index (Phi) is 2.58. The average molecular weight is 245 g/mol. The second-order valence-electron chi connectivity index (χ2n) is 4.94. The lowest BCUT2D eigenvalue weighted by molar-refractivity contribution is 0.388. The van der Waals surface area contributed by atoms with Crippen molar-refractivity contribution in [1.29, 1.82) is 0 Å². The lowest BCUT2D eigenvalue weighted by Gasteiger charge is -2.32. The molecule has 0 fully saturated rings. The van der Waals surface area contributed by atoms with Crippen molar-refractivity contribution < 1.29 is 4.39 Å². The highest BCUT2D eigenvalue weighted by molar-refractivity contribution is 5.37. The number of anilines is 1. The molecule has 2 atom stereocenters. The fourth-order valence-corrected chi connectivity index (χ4v) is 2.67. The van der Waals surface area contributed by atoms with Gasteiger partial charge in [0.2, 0.25) is 5.95 Å². The molecule has 0 amide bonds. The van der Waals surface area contributed by atoms with Crippen LogP contribution in [-0.4, -0.2) is 16.1 Å². The first-order valence-corrected chi connectivity index (χ1v) is 6.20. The van der Waals surface area contributed by atoms with Gasteiger partial charge in [0.05, 0.1) is 11.7 Å². The quantitative estimate of drug-likeness (QED) is 0.837. The number of rotatable bonds is 1. The molecule has 1 aliphatic rings. The summed E-state index contributed by atoms with van der Waals surface area (Å²) in [5.74, 6) is 1.01. The summed E-state index contributed by atoms with van der Waals surface area (Å²) in [6.07, 6.45) is 1.98. The number of imidazole rings is 1. The third-order valence-electron chi connectivity index (χ3n) is 3.50. The molecule has 0 saturated heterocycles. The van der Waals surface area contributed by atoms with Crippen molar-refractivity contribution in [3.05, 3.63) is 47.5 Å². The molecule has 1 aromatic carbocycles. The van der Waals surface area contributed by atoms with Gasteiger partial charge in [-0.3, -0.25) is 0 Å². The number of hydrogen-bond donors (Lipinski definition) is 1. The molecule has 2 aromatic rings. The molecule has 3 nitrogen and oxygen atoms in total. The molecule has 1 aliphatic heterocycles. The zero-order chi connectivity index (χ0) is 12.7. The van der Waals surface area contributed by atoms with Crippen molar-refractivity contribution in [3.8, 4) is 0 Å². The van der Waals surface area contributed by atoms with Crippen molar-refractivity contribution in [3.63, 3.8) is 0 Å². The van der Waals surface area contributed by atoms with Crippen LogP contribution in [0.4, 0.5) is 10.3 Å². The number of aromatic nitrogens is 2. The molecule has 2 heterocycles. The molecule has 0 spiro atoms. The Balaban J connectivity index is 2.13. The SMILES string of the molecule is Cc1cn2c(n1)NCC(C)C2c1ccccc1F. The van der Waals surface area contributed by atoms with Gasteiger partial charge < -0.3 is 9.88 Å². The molecule has 0 aliphatic carbocycles. The zero-order valence-corrected chi connectivity index (χ0v) is 10.5. The van der Waals surface area contributed by atoms with E-state index in [1.165, 1.54) is 6.07 Å². The molecular weight excluding hydrogens is 229 g/mol. The van der Waals surface area contributed by atoms with E-state index in [-0.39, 0.29) is 11.9 Å². The summed E-state index contributed by atoms with van der Waals surface area (Å²) < 4.78 is 16.0. The molecule has 18 heavy (non-hydrogen) atoms. The van der Waals surface area contributed by atoms with Crippen LogP contribution in [0.25, 0.3) is 0 Å². The minimum Gasteiger partial charge on any atom is -0.355 e. The van der Waals surface area contributed by atoms with Gasteiger partial charge in [-0.2, -0.15) is 0 Å². The van der Waals surface area contributed by atoms with Gasteiger partial charge in [-0.05, 0) is 18.9 Å². The third kappa shape index (κ3) is 1.68. The van der Waals surface area contributed by atoms with E-state index in [9.17, 15) is 4.39 Å². The van der Waals surface area contributed by atoms with E-state index in [0.29, 0.717) is 5.92 Å². The van der Waals surface area contributed by atoms with E-state index in [1.807, 2.05) is 29.8 Å². The smallest absolute Gasteiger partial charge is 0.203 e. The van der Waals surface area contributed by atoms with Crippen molar-refractivity contribution in [2.75, 3.05) is 11.9 Å². The number of hydrogen-bond acceptors (Lipinski definition) is 2. The van der Waals surface area contributed by atoms with Crippen LogP contribution < -0.4 is 5.32 Å². The molecular formula is C14H16FN3. The Hall–Kier alpha value is -1.84. The Bertz CT molecular complexity index is 576. The predicted molar refractivity (Wildman–Crippen MR) is 69.2 cm³/mol. The Labute approximate surface area is 106 Å². The third-order valence-corrected chi connectivity index (χ3v) is 3.50. The molecule has 3 rings (SSSR count). The molecule has 0 saturated carbocycles. The van der Waals surface area contributed by atoms with Crippen LogP contribution in [0.5, 0.6) is 0 Å². The second-order valence-corrected chi connectivity index (χ2v) is 4.94. The van der Waals surface area contributed by atoms with Crippen LogP contribution in [0.1, 0.15) is 24.2 Å². The highest BCUT2D eigenvalue weighted by Crippen LogP contribution is 2.34. The van der Waals surface area contributed by atoms with Crippen molar-refractivity contribution in [2.45, 2.75) is 19.9 Å². The molecule has 94 valence electrons. The first-order chi connectivity index (χ1) is 8.66. The molecule has 0 bridgehead atoms. The van der Waals surface area contributed by atoms with Crippen molar-refractivity contribution in [2.24, 2.45) is 5.92 Å². The van der Waals surface area contributed by atoms with Gasteiger partial charge in [-0.25, -0.2) is 9.37 Å². The standard InChI is InChI=1S/C14H16FN3/c1-9-7-16-14-17-10(2)8-18(14)13(9)11-5-3-4-6-12(11)15/h3-6,8-9,13H,7H2,1-2H3,(H,16,17). The van der Waals surface area contributed by atoms with Gasteiger partial charge in [-0.15, -0.1) is 0 Å². The van der Waals surface area contributed by atoms with Gasteiger partial charge in [0.15, 0.2) is 0 Å². The normalized spacial score (nSPS) is 22.4. The maximum Gasteiger partial charge on any atom is 0.203 e. The lowest BCUT2D eigenvalue weighted by atomic mass is 9.92. The van der Waals surface area contributed by atoms with Gasteiger partial charge in [-0.1, -0.05) is 25.1 Å². The average Bonchev–Trinajstić information content (AvgIpc) is 2.71. The van der Waals surface area contributed by atoms with Crippen molar-refractivity contribution >= 4 is 5.95 Å². The molecule has 1 aromatic heterocycles. The molecule has 2 unspecified atom stereocenters. The van der Waals surface area contributed by atoms with E-state index in [2.05, 4.69) is 17.2 Å². The van der Waals surface area contributed by atoms with Crippen molar-refractivity contribution in [1.82, 2.24) is 9.55 Å². The highest BCUT2D eigenvalue weighted by Gasteiger charge is 2.29. The highest BCUT2D eigenvalue weighted by atomic mass is 19.1. The predicted octanol–water partition coefficient (Wildman–Crippen LogP) is 2.98. The topological polar surface area (TPSA) is 29.9 Å². The van der Waals surface area contributed by atoms with E-state index in [4.69, 9.17) is 0 Å².